The van der Waals surface area contributed by atoms with Crippen LogP contribution in [0.3, 0.4) is 0 Å². The number of amides is 1. The normalized spacial score (nSPS) is 11.7. The van der Waals surface area contributed by atoms with Gasteiger partial charge in [0.25, 0.3) is 5.91 Å². The third kappa shape index (κ3) is 5.78. The van der Waals surface area contributed by atoms with Crippen molar-refractivity contribution < 1.29 is 23.8 Å². The molecule has 0 aliphatic carbocycles. The Morgan fingerprint density at radius 2 is 2.06 bits per heavy atom. The lowest BCUT2D eigenvalue weighted by atomic mass is 10.1. The van der Waals surface area contributed by atoms with Gasteiger partial charge in [-0.1, -0.05) is 30.3 Å². The van der Waals surface area contributed by atoms with Crippen molar-refractivity contribution in [1.29, 1.82) is 0 Å². The summed E-state index contributed by atoms with van der Waals surface area (Å²) in [5, 5.41) is 17.8. The van der Waals surface area contributed by atoms with E-state index in [2.05, 4.69) is 15.6 Å². The van der Waals surface area contributed by atoms with Gasteiger partial charge in [-0.15, -0.1) is 11.3 Å². The fraction of sp³-hybridized carbons (Fsp3) is 0.273. The third-order valence-corrected chi connectivity index (χ3v) is 5.40. The molecule has 1 amide bonds. The summed E-state index contributed by atoms with van der Waals surface area (Å²) in [4.78, 5) is 16.9. The lowest BCUT2D eigenvalue weighted by Crippen LogP contribution is -2.31. The number of aliphatic hydroxyl groups excluding tert-OH is 1. The van der Waals surface area contributed by atoms with Crippen molar-refractivity contribution in [3.8, 4) is 5.75 Å². The van der Waals surface area contributed by atoms with Gasteiger partial charge in [-0.25, -0.2) is 9.37 Å². The van der Waals surface area contributed by atoms with Gasteiger partial charge >= 0.3 is 0 Å². The molecular weight excluding hydrogens is 421 g/mol. The summed E-state index contributed by atoms with van der Waals surface area (Å²) >= 11 is 1.27. The van der Waals surface area contributed by atoms with Gasteiger partial charge in [0.05, 0.1) is 26.4 Å². The highest BCUT2D eigenvalue weighted by atomic mass is 32.1. The highest BCUT2D eigenvalue weighted by molar-refractivity contribution is 7.13. The molecule has 2 aromatic carbocycles. The van der Waals surface area contributed by atoms with Crippen LogP contribution < -0.4 is 15.4 Å². The number of benzene rings is 2. The molecule has 1 unspecified atom stereocenters. The standard InChI is InChI=1S/C22H24FN3O4S/c1-29-12-15-8-7-14(9-17(15)23)10-24-22-26-19(13-31-22)21(28)25-18(11-27)16-5-3-4-6-20(16)30-2/h3-9,13,18,27H,10-12H2,1-2H3,(H,24,26)(H,25,28). The molecule has 9 heteroatoms. The second kappa shape index (κ2) is 10.9. The SMILES string of the molecule is COCc1ccc(CNc2nc(C(=O)NC(CO)c3ccccc3OC)cs2)cc1F. The summed E-state index contributed by atoms with van der Waals surface area (Å²) in [5.41, 5.74) is 2.14. The number of methoxy groups -OCH3 is 2. The second-order valence-corrected chi connectivity index (χ2v) is 7.56. The predicted octanol–water partition coefficient (Wildman–Crippen LogP) is 3.51. The number of carbonyl (C=O) groups is 1. The number of hydrogen-bond acceptors (Lipinski definition) is 7. The average Bonchev–Trinajstić information content (AvgIpc) is 3.27. The van der Waals surface area contributed by atoms with E-state index < -0.39 is 11.9 Å². The zero-order valence-electron chi connectivity index (χ0n) is 17.2. The molecule has 0 spiro atoms. The van der Waals surface area contributed by atoms with E-state index in [4.69, 9.17) is 9.47 Å². The Labute approximate surface area is 183 Å². The van der Waals surface area contributed by atoms with Gasteiger partial charge in [-0.05, 0) is 17.7 Å². The van der Waals surface area contributed by atoms with E-state index in [1.54, 1.807) is 23.6 Å². The Bertz CT molecular complexity index is 1030. The fourth-order valence-electron chi connectivity index (χ4n) is 3.02. The molecule has 31 heavy (non-hydrogen) atoms. The summed E-state index contributed by atoms with van der Waals surface area (Å²) in [5.74, 6) is -0.165. The van der Waals surface area contributed by atoms with Crippen molar-refractivity contribution in [3.63, 3.8) is 0 Å². The van der Waals surface area contributed by atoms with Crippen LogP contribution in [0.2, 0.25) is 0 Å². The minimum atomic E-state index is -0.629. The number of nitrogens with zero attached hydrogens (tertiary/aromatic N) is 1. The topological polar surface area (TPSA) is 92.7 Å². The van der Waals surface area contributed by atoms with Crippen LogP contribution in [0, 0.1) is 5.82 Å². The highest BCUT2D eigenvalue weighted by Gasteiger charge is 2.20. The molecule has 0 bridgehead atoms. The van der Waals surface area contributed by atoms with E-state index in [9.17, 15) is 14.3 Å². The van der Waals surface area contributed by atoms with Crippen LogP contribution in [0.15, 0.2) is 47.8 Å². The molecule has 0 saturated heterocycles. The third-order valence-electron chi connectivity index (χ3n) is 4.60. The van der Waals surface area contributed by atoms with Gasteiger partial charge in [-0.2, -0.15) is 0 Å². The molecule has 1 aromatic heterocycles. The number of para-hydroxylation sites is 1. The number of ether oxygens (including phenoxy) is 2. The Hall–Kier alpha value is -3.01. The van der Waals surface area contributed by atoms with Crippen molar-refractivity contribution >= 4 is 22.4 Å². The summed E-state index contributed by atoms with van der Waals surface area (Å²) in [6, 6.07) is 11.5. The number of aromatic nitrogens is 1. The molecule has 0 fully saturated rings. The first-order valence-corrected chi connectivity index (χ1v) is 10.4. The Balaban J connectivity index is 1.62. The molecule has 7 nitrogen and oxygen atoms in total. The number of rotatable bonds is 10. The molecule has 0 aliphatic rings. The van der Waals surface area contributed by atoms with E-state index >= 15 is 0 Å². The molecule has 3 aromatic rings. The molecule has 164 valence electrons. The first-order valence-electron chi connectivity index (χ1n) is 9.56. The summed E-state index contributed by atoms with van der Waals surface area (Å²) in [6.07, 6.45) is 0. The molecular formula is C22H24FN3O4S. The Morgan fingerprint density at radius 3 is 2.77 bits per heavy atom. The number of thiazole rings is 1. The van der Waals surface area contributed by atoms with Crippen molar-refractivity contribution in [2.75, 3.05) is 26.1 Å². The van der Waals surface area contributed by atoms with Gasteiger partial charge in [0, 0.05) is 30.2 Å². The molecule has 3 N–H and O–H groups in total. The lowest BCUT2D eigenvalue weighted by Gasteiger charge is -2.18. The number of carbonyl (C=O) groups excluding carboxylic acids is 1. The van der Waals surface area contributed by atoms with E-state index in [1.807, 2.05) is 18.2 Å². The maximum Gasteiger partial charge on any atom is 0.271 e. The van der Waals surface area contributed by atoms with Crippen LogP contribution in [0.25, 0.3) is 0 Å². The summed E-state index contributed by atoms with van der Waals surface area (Å²) in [6.45, 7) is 0.291. The van der Waals surface area contributed by atoms with E-state index in [0.29, 0.717) is 28.6 Å². The van der Waals surface area contributed by atoms with E-state index in [1.165, 1.54) is 31.6 Å². The molecule has 1 atom stereocenters. The number of halogens is 1. The summed E-state index contributed by atoms with van der Waals surface area (Å²) in [7, 11) is 3.05. The van der Waals surface area contributed by atoms with Crippen LogP contribution in [-0.4, -0.2) is 36.8 Å². The van der Waals surface area contributed by atoms with Crippen LogP contribution in [0.5, 0.6) is 5.75 Å². The van der Waals surface area contributed by atoms with Crippen molar-refractivity contribution in [2.24, 2.45) is 0 Å². The van der Waals surface area contributed by atoms with Crippen molar-refractivity contribution in [2.45, 2.75) is 19.2 Å². The van der Waals surface area contributed by atoms with Crippen LogP contribution >= 0.6 is 11.3 Å². The largest absolute Gasteiger partial charge is 0.496 e. The van der Waals surface area contributed by atoms with Gasteiger partial charge in [0.1, 0.15) is 17.3 Å². The molecule has 0 radical (unpaired) electrons. The first-order chi connectivity index (χ1) is 15.0. The van der Waals surface area contributed by atoms with Crippen LogP contribution in [-0.2, 0) is 17.9 Å². The Kier molecular flexibility index (Phi) is 7.94. The van der Waals surface area contributed by atoms with Gasteiger partial charge in [-0.3, -0.25) is 4.79 Å². The highest BCUT2D eigenvalue weighted by Crippen LogP contribution is 2.25. The number of hydrogen-bond donors (Lipinski definition) is 3. The minimum Gasteiger partial charge on any atom is -0.496 e. The van der Waals surface area contributed by atoms with Gasteiger partial charge in [0.2, 0.25) is 0 Å². The molecule has 3 rings (SSSR count). The molecule has 0 saturated carbocycles. The summed E-state index contributed by atoms with van der Waals surface area (Å²) < 4.78 is 24.3. The molecule has 0 aliphatic heterocycles. The maximum absolute atomic E-state index is 14.0. The average molecular weight is 446 g/mol. The van der Waals surface area contributed by atoms with E-state index in [-0.39, 0.29) is 24.7 Å². The van der Waals surface area contributed by atoms with Gasteiger partial charge < -0.3 is 25.2 Å². The monoisotopic (exact) mass is 445 g/mol. The fourth-order valence-corrected chi connectivity index (χ4v) is 3.71. The van der Waals surface area contributed by atoms with Crippen LogP contribution in [0.4, 0.5) is 9.52 Å². The van der Waals surface area contributed by atoms with E-state index in [0.717, 1.165) is 5.56 Å². The lowest BCUT2D eigenvalue weighted by molar-refractivity contribution is 0.0911. The number of anilines is 1. The minimum absolute atomic E-state index is 0.216. The molecule has 1 heterocycles. The zero-order chi connectivity index (χ0) is 22.2. The Morgan fingerprint density at radius 1 is 1.26 bits per heavy atom. The van der Waals surface area contributed by atoms with Crippen LogP contribution in [0.1, 0.15) is 33.2 Å². The maximum atomic E-state index is 14.0. The second-order valence-electron chi connectivity index (χ2n) is 6.70. The quantitative estimate of drug-likeness (QED) is 0.442. The predicted molar refractivity (Wildman–Crippen MR) is 117 cm³/mol. The first kappa shape index (κ1) is 22.7. The zero-order valence-corrected chi connectivity index (χ0v) is 18.0. The van der Waals surface area contributed by atoms with Crippen molar-refractivity contribution in [1.82, 2.24) is 10.3 Å². The van der Waals surface area contributed by atoms with Crippen molar-refractivity contribution in [3.05, 3.63) is 76.0 Å². The number of aliphatic hydroxyl groups is 1. The number of nitrogens with one attached hydrogen (secondary N) is 2. The van der Waals surface area contributed by atoms with Gasteiger partial charge in [0.15, 0.2) is 5.13 Å². The smallest absolute Gasteiger partial charge is 0.271 e.